The number of benzene rings is 1. The molecule has 3 amide bonds. The van der Waals surface area contributed by atoms with Crippen LogP contribution in [0.15, 0.2) is 18.2 Å². The fraction of sp³-hybridized carbons (Fsp3) is 0.565. The summed E-state index contributed by atoms with van der Waals surface area (Å²) in [6.07, 6.45) is -1.49. The summed E-state index contributed by atoms with van der Waals surface area (Å²) in [6, 6.07) is 4.44. The van der Waals surface area contributed by atoms with Crippen LogP contribution in [0.5, 0.6) is 0 Å². The lowest BCUT2D eigenvalue weighted by molar-refractivity contribution is 0.0522. The van der Waals surface area contributed by atoms with Crippen LogP contribution < -0.4 is 10.2 Å². The van der Waals surface area contributed by atoms with Gasteiger partial charge in [0, 0.05) is 25.7 Å². The van der Waals surface area contributed by atoms with Gasteiger partial charge in [0.15, 0.2) is 0 Å². The molecule has 0 unspecified atom stereocenters. The van der Waals surface area contributed by atoms with Gasteiger partial charge in [0.25, 0.3) is 0 Å². The van der Waals surface area contributed by atoms with E-state index in [1.807, 2.05) is 0 Å². The molecular formula is C23H33N3O8. The zero-order chi connectivity index (χ0) is 25.5. The fourth-order valence-corrected chi connectivity index (χ4v) is 3.62. The highest BCUT2D eigenvalue weighted by molar-refractivity contribution is 6.01. The lowest BCUT2D eigenvalue weighted by Crippen LogP contribution is -2.49. The average molecular weight is 480 g/mol. The predicted molar refractivity (Wildman–Crippen MR) is 123 cm³/mol. The normalized spacial score (nSPS) is 14.2. The third-order valence-electron chi connectivity index (χ3n) is 5.13. The minimum atomic E-state index is -1.02. The molecular weight excluding hydrogens is 446 g/mol. The van der Waals surface area contributed by atoms with E-state index >= 15 is 0 Å². The number of esters is 1. The van der Waals surface area contributed by atoms with E-state index in [0.29, 0.717) is 24.1 Å². The Kier molecular flexibility index (Phi) is 9.11. The topological polar surface area (TPSA) is 135 Å². The summed E-state index contributed by atoms with van der Waals surface area (Å²) < 4.78 is 15.4. The zero-order valence-corrected chi connectivity index (χ0v) is 20.3. The van der Waals surface area contributed by atoms with Crippen molar-refractivity contribution in [2.24, 2.45) is 0 Å². The molecule has 11 nitrogen and oxygen atoms in total. The van der Waals surface area contributed by atoms with Crippen molar-refractivity contribution in [3.63, 3.8) is 0 Å². The summed E-state index contributed by atoms with van der Waals surface area (Å²) in [6.45, 7) is 7.66. The Bertz CT molecular complexity index is 904. The molecule has 1 aliphatic rings. The van der Waals surface area contributed by atoms with Gasteiger partial charge < -0.3 is 29.5 Å². The maximum atomic E-state index is 12.9. The van der Waals surface area contributed by atoms with Crippen LogP contribution in [0.2, 0.25) is 0 Å². The summed E-state index contributed by atoms with van der Waals surface area (Å²) >= 11 is 0. The molecule has 1 aliphatic heterocycles. The molecule has 0 bridgehead atoms. The van der Waals surface area contributed by atoms with Crippen LogP contribution in [0.1, 0.15) is 56.5 Å². The number of alkyl carbamates (subject to hydrolysis) is 1. The highest BCUT2D eigenvalue weighted by atomic mass is 16.6. The van der Waals surface area contributed by atoms with Crippen molar-refractivity contribution in [2.45, 2.75) is 58.7 Å². The molecule has 1 saturated heterocycles. The van der Waals surface area contributed by atoms with Gasteiger partial charge in [-0.3, -0.25) is 4.90 Å². The van der Waals surface area contributed by atoms with Crippen molar-refractivity contribution < 1.29 is 38.5 Å². The number of piperidine rings is 1. The number of likely N-dealkylation sites (tertiary alicyclic amines) is 1. The van der Waals surface area contributed by atoms with E-state index in [9.17, 15) is 24.3 Å². The smallest absolute Gasteiger partial charge is 0.414 e. The van der Waals surface area contributed by atoms with Crippen LogP contribution in [0.4, 0.5) is 20.1 Å². The van der Waals surface area contributed by atoms with Gasteiger partial charge in [0.1, 0.15) is 5.60 Å². The minimum absolute atomic E-state index is 0.0929. The summed E-state index contributed by atoms with van der Waals surface area (Å²) in [5.41, 5.74) is 0.362. The number of carbonyl (C=O) groups excluding carboxylic acids is 3. The molecule has 2 N–H and O–H groups in total. The predicted octanol–water partition coefficient (Wildman–Crippen LogP) is 3.60. The van der Waals surface area contributed by atoms with Gasteiger partial charge >= 0.3 is 24.2 Å². The minimum Gasteiger partial charge on any atom is -0.465 e. The van der Waals surface area contributed by atoms with Crippen molar-refractivity contribution in [2.75, 3.05) is 31.7 Å². The number of methoxy groups -OCH3 is 1. The third kappa shape index (κ3) is 7.26. The van der Waals surface area contributed by atoms with Crippen LogP contribution in [-0.4, -0.2) is 72.7 Å². The lowest BCUT2D eigenvalue weighted by atomic mass is 10.0. The van der Waals surface area contributed by atoms with Gasteiger partial charge in [-0.15, -0.1) is 0 Å². The number of nitrogens with one attached hydrogen (secondary N) is 1. The SMILES string of the molecule is CCOC(=O)N(c1ccc(CNC(=O)OC(C)(C)C)cc1C(=O)OC)C1CCN(C(=O)O)CC1. The highest BCUT2D eigenvalue weighted by Crippen LogP contribution is 2.30. The first-order valence-electron chi connectivity index (χ1n) is 11.1. The van der Waals surface area contributed by atoms with Gasteiger partial charge in [0.05, 0.1) is 25.0 Å². The number of anilines is 1. The molecule has 1 fully saturated rings. The van der Waals surface area contributed by atoms with Crippen molar-refractivity contribution in [1.29, 1.82) is 0 Å². The number of ether oxygens (including phenoxy) is 3. The van der Waals surface area contributed by atoms with E-state index in [1.54, 1.807) is 39.8 Å². The van der Waals surface area contributed by atoms with E-state index in [-0.39, 0.29) is 37.8 Å². The number of hydrogen-bond donors (Lipinski definition) is 2. The quantitative estimate of drug-likeness (QED) is 0.467. The Hall–Kier alpha value is -3.50. The molecule has 0 aliphatic carbocycles. The second kappa shape index (κ2) is 11.6. The zero-order valence-electron chi connectivity index (χ0n) is 20.3. The second-order valence-electron chi connectivity index (χ2n) is 8.77. The van der Waals surface area contributed by atoms with E-state index < -0.39 is 29.9 Å². The van der Waals surface area contributed by atoms with Crippen LogP contribution in [-0.2, 0) is 20.8 Å². The number of nitrogens with zero attached hydrogens (tertiary/aromatic N) is 2. The van der Waals surface area contributed by atoms with E-state index in [2.05, 4.69) is 5.32 Å². The van der Waals surface area contributed by atoms with Crippen LogP contribution >= 0.6 is 0 Å². The lowest BCUT2D eigenvalue weighted by Gasteiger charge is -2.37. The highest BCUT2D eigenvalue weighted by Gasteiger charge is 2.34. The Balaban J connectivity index is 2.33. The molecule has 1 aromatic carbocycles. The Morgan fingerprint density at radius 3 is 2.35 bits per heavy atom. The largest absolute Gasteiger partial charge is 0.465 e. The third-order valence-corrected chi connectivity index (χ3v) is 5.13. The van der Waals surface area contributed by atoms with Gasteiger partial charge in [-0.05, 0) is 58.2 Å². The first-order valence-corrected chi connectivity index (χ1v) is 11.1. The van der Waals surface area contributed by atoms with E-state index in [0.717, 1.165) is 0 Å². The summed E-state index contributed by atoms with van der Waals surface area (Å²) in [5.74, 6) is -0.661. The molecule has 1 heterocycles. The molecule has 0 atom stereocenters. The standard InChI is InChI=1S/C23H33N3O8/c1-6-33-22(31)26(16-9-11-25(12-10-16)21(29)30)18-8-7-15(13-17(18)19(27)32-5)14-24-20(28)34-23(2,3)4/h7-8,13,16H,6,9-12,14H2,1-5H3,(H,24,28)(H,29,30). The Morgan fingerprint density at radius 1 is 1.18 bits per heavy atom. The fourth-order valence-electron chi connectivity index (χ4n) is 3.62. The molecule has 0 aromatic heterocycles. The van der Waals surface area contributed by atoms with Crippen molar-refractivity contribution in [3.8, 4) is 0 Å². The van der Waals surface area contributed by atoms with E-state index in [1.165, 1.54) is 23.0 Å². The first kappa shape index (κ1) is 26.7. The number of amides is 3. The Morgan fingerprint density at radius 2 is 1.82 bits per heavy atom. The van der Waals surface area contributed by atoms with Gasteiger partial charge in [-0.2, -0.15) is 0 Å². The van der Waals surface area contributed by atoms with Gasteiger partial charge in [-0.25, -0.2) is 19.2 Å². The van der Waals surface area contributed by atoms with Gasteiger partial charge in [-0.1, -0.05) is 6.07 Å². The average Bonchev–Trinajstić information content (AvgIpc) is 2.77. The number of carboxylic acid groups (broad SMARTS) is 1. The monoisotopic (exact) mass is 479 g/mol. The first-order chi connectivity index (χ1) is 16.0. The maximum Gasteiger partial charge on any atom is 0.414 e. The van der Waals surface area contributed by atoms with Crippen molar-refractivity contribution in [1.82, 2.24) is 10.2 Å². The van der Waals surface area contributed by atoms with Gasteiger partial charge in [0.2, 0.25) is 0 Å². The molecule has 0 spiro atoms. The van der Waals surface area contributed by atoms with Crippen molar-refractivity contribution in [3.05, 3.63) is 29.3 Å². The summed E-state index contributed by atoms with van der Waals surface area (Å²) in [5, 5.41) is 11.9. The number of rotatable bonds is 6. The molecule has 0 saturated carbocycles. The second-order valence-corrected chi connectivity index (χ2v) is 8.77. The molecule has 0 radical (unpaired) electrons. The maximum absolute atomic E-state index is 12.9. The number of hydrogen-bond acceptors (Lipinski definition) is 7. The van der Waals surface area contributed by atoms with Crippen LogP contribution in [0.25, 0.3) is 0 Å². The number of carbonyl (C=O) groups is 4. The molecule has 2 rings (SSSR count). The Labute approximate surface area is 198 Å². The van der Waals surface area contributed by atoms with Crippen LogP contribution in [0.3, 0.4) is 0 Å². The van der Waals surface area contributed by atoms with Crippen molar-refractivity contribution >= 4 is 29.9 Å². The molecule has 1 aromatic rings. The molecule has 11 heteroatoms. The molecule has 188 valence electrons. The molecule has 34 heavy (non-hydrogen) atoms. The summed E-state index contributed by atoms with van der Waals surface area (Å²) in [7, 11) is 1.23. The summed E-state index contributed by atoms with van der Waals surface area (Å²) in [4.78, 5) is 51.4. The van der Waals surface area contributed by atoms with E-state index in [4.69, 9.17) is 14.2 Å². The van der Waals surface area contributed by atoms with Crippen LogP contribution in [0, 0.1) is 0 Å².